The van der Waals surface area contributed by atoms with Gasteiger partial charge in [-0.2, -0.15) is 0 Å². The van der Waals surface area contributed by atoms with Crippen LogP contribution in [0.5, 0.6) is 0 Å². The molecule has 1 aliphatic rings. The van der Waals surface area contributed by atoms with E-state index in [4.69, 9.17) is 4.74 Å². The molecule has 1 heterocycles. The number of ether oxygens (including phenoxy) is 1. The molecule has 0 bridgehead atoms. The van der Waals surface area contributed by atoms with Gasteiger partial charge in [-0.15, -0.1) is 0 Å². The van der Waals surface area contributed by atoms with Crippen LogP contribution in [0.15, 0.2) is 18.3 Å². The fourth-order valence-corrected chi connectivity index (χ4v) is 1.58. The lowest BCUT2D eigenvalue weighted by Crippen LogP contribution is -2.27. The zero-order valence-corrected chi connectivity index (χ0v) is 9.40. The molecular formula is C12H16N2O2. The molecule has 0 unspecified atom stereocenters. The quantitative estimate of drug-likeness (QED) is 0.790. The first-order valence-corrected chi connectivity index (χ1v) is 5.69. The summed E-state index contributed by atoms with van der Waals surface area (Å²) < 4.78 is 4.88. The minimum Gasteiger partial charge on any atom is -0.462 e. The summed E-state index contributed by atoms with van der Waals surface area (Å²) >= 11 is 0. The van der Waals surface area contributed by atoms with E-state index in [1.807, 2.05) is 6.07 Å². The van der Waals surface area contributed by atoms with E-state index >= 15 is 0 Å². The van der Waals surface area contributed by atoms with Crippen LogP contribution in [0.1, 0.15) is 36.5 Å². The van der Waals surface area contributed by atoms with Crippen LogP contribution in [0.25, 0.3) is 0 Å². The van der Waals surface area contributed by atoms with Crippen LogP contribution in [0.3, 0.4) is 0 Å². The molecule has 1 aromatic rings. The molecule has 16 heavy (non-hydrogen) atoms. The van der Waals surface area contributed by atoms with Crippen LogP contribution >= 0.6 is 0 Å². The first-order valence-electron chi connectivity index (χ1n) is 5.69. The van der Waals surface area contributed by atoms with Gasteiger partial charge in [-0.1, -0.05) is 0 Å². The molecule has 0 radical (unpaired) electrons. The number of carbonyl (C=O) groups is 1. The Balaban J connectivity index is 1.95. The van der Waals surface area contributed by atoms with Crippen LogP contribution in [0.4, 0.5) is 5.82 Å². The molecule has 86 valence electrons. The van der Waals surface area contributed by atoms with Crippen molar-refractivity contribution in [1.82, 2.24) is 4.98 Å². The monoisotopic (exact) mass is 220 g/mol. The van der Waals surface area contributed by atoms with Crippen molar-refractivity contribution < 1.29 is 9.53 Å². The normalized spacial score (nSPS) is 15.3. The number of anilines is 1. The highest BCUT2D eigenvalue weighted by Gasteiger charge is 2.17. The Kier molecular flexibility index (Phi) is 3.39. The summed E-state index contributed by atoms with van der Waals surface area (Å²) in [7, 11) is 0. The zero-order chi connectivity index (χ0) is 11.4. The highest BCUT2D eigenvalue weighted by Crippen LogP contribution is 2.22. The molecule has 2 rings (SSSR count). The number of rotatable bonds is 4. The molecule has 1 aliphatic carbocycles. The molecule has 0 atom stereocenters. The van der Waals surface area contributed by atoms with Gasteiger partial charge >= 0.3 is 5.97 Å². The van der Waals surface area contributed by atoms with E-state index in [-0.39, 0.29) is 5.97 Å². The van der Waals surface area contributed by atoms with Crippen LogP contribution in [-0.2, 0) is 4.74 Å². The summed E-state index contributed by atoms with van der Waals surface area (Å²) in [4.78, 5) is 15.6. The fourth-order valence-electron chi connectivity index (χ4n) is 1.58. The Morgan fingerprint density at radius 1 is 1.56 bits per heavy atom. The van der Waals surface area contributed by atoms with Gasteiger partial charge in [0.25, 0.3) is 0 Å². The van der Waals surface area contributed by atoms with Gasteiger partial charge in [-0.05, 0) is 38.3 Å². The maximum absolute atomic E-state index is 11.4. The standard InChI is InChI=1S/C12H16N2O2/c1-2-16-12(15)9-6-7-11(13-8-9)14-10-4-3-5-10/h6-8,10H,2-5H2,1H3,(H,13,14). The Morgan fingerprint density at radius 3 is 2.88 bits per heavy atom. The van der Waals surface area contributed by atoms with Gasteiger partial charge in [-0.25, -0.2) is 9.78 Å². The van der Waals surface area contributed by atoms with Crippen molar-refractivity contribution in [2.45, 2.75) is 32.2 Å². The first kappa shape index (κ1) is 10.9. The maximum atomic E-state index is 11.4. The van der Waals surface area contributed by atoms with Crippen LogP contribution in [0, 0.1) is 0 Å². The third-order valence-corrected chi connectivity index (χ3v) is 2.73. The second-order valence-electron chi connectivity index (χ2n) is 3.92. The summed E-state index contributed by atoms with van der Waals surface area (Å²) in [6.07, 6.45) is 5.26. The largest absolute Gasteiger partial charge is 0.462 e. The van der Waals surface area contributed by atoms with Gasteiger partial charge in [0.2, 0.25) is 0 Å². The number of esters is 1. The lowest BCUT2D eigenvalue weighted by atomic mass is 9.93. The highest BCUT2D eigenvalue weighted by molar-refractivity contribution is 5.89. The predicted molar refractivity (Wildman–Crippen MR) is 61.5 cm³/mol. The Labute approximate surface area is 95.0 Å². The number of carbonyl (C=O) groups excluding carboxylic acids is 1. The van der Waals surface area contributed by atoms with Crippen molar-refractivity contribution in [3.63, 3.8) is 0 Å². The molecule has 0 aliphatic heterocycles. The Morgan fingerprint density at radius 2 is 2.38 bits per heavy atom. The van der Waals surface area contributed by atoms with Crippen molar-refractivity contribution in [3.05, 3.63) is 23.9 Å². The minimum atomic E-state index is -0.315. The van der Waals surface area contributed by atoms with Gasteiger partial charge in [0.05, 0.1) is 12.2 Å². The van der Waals surface area contributed by atoms with E-state index in [0.29, 0.717) is 18.2 Å². The van der Waals surface area contributed by atoms with Crippen molar-refractivity contribution in [2.24, 2.45) is 0 Å². The van der Waals surface area contributed by atoms with Gasteiger partial charge < -0.3 is 10.1 Å². The molecule has 1 N–H and O–H groups in total. The second-order valence-corrected chi connectivity index (χ2v) is 3.92. The summed E-state index contributed by atoms with van der Waals surface area (Å²) in [6, 6.07) is 4.12. The lowest BCUT2D eigenvalue weighted by molar-refractivity contribution is 0.0526. The van der Waals surface area contributed by atoms with E-state index < -0.39 is 0 Å². The van der Waals surface area contributed by atoms with Gasteiger partial charge in [0.15, 0.2) is 0 Å². The number of hydrogen-bond donors (Lipinski definition) is 1. The molecule has 1 saturated carbocycles. The van der Waals surface area contributed by atoms with Crippen molar-refractivity contribution >= 4 is 11.8 Å². The van der Waals surface area contributed by atoms with E-state index in [1.165, 1.54) is 19.3 Å². The van der Waals surface area contributed by atoms with E-state index in [9.17, 15) is 4.79 Å². The summed E-state index contributed by atoms with van der Waals surface area (Å²) in [6.45, 7) is 2.18. The smallest absolute Gasteiger partial charge is 0.339 e. The molecule has 0 spiro atoms. The predicted octanol–water partition coefficient (Wildman–Crippen LogP) is 2.22. The van der Waals surface area contributed by atoms with Gasteiger partial charge in [0.1, 0.15) is 5.82 Å². The number of aromatic nitrogens is 1. The third kappa shape index (κ3) is 2.51. The zero-order valence-electron chi connectivity index (χ0n) is 9.40. The van der Waals surface area contributed by atoms with E-state index in [1.54, 1.807) is 19.2 Å². The molecule has 1 aromatic heterocycles. The summed E-state index contributed by atoms with van der Waals surface area (Å²) in [5.41, 5.74) is 0.501. The summed E-state index contributed by atoms with van der Waals surface area (Å²) in [5, 5.41) is 3.31. The van der Waals surface area contributed by atoms with Gasteiger partial charge in [0, 0.05) is 12.2 Å². The SMILES string of the molecule is CCOC(=O)c1ccc(NC2CCC2)nc1. The minimum absolute atomic E-state index is 0.315. The molecule has 1 fully saturated rings. The van der Waals surface area contributed by atoms with E-state index in [0.717, 1.165) is 5.82 Å². The topological polar surface area (TPSA) is 51.2 Å². The highest BCUT2D eigenvalue weighted by atomic mass is 16.5. The van der Waals surface area contributed by atoms with Crippen LogP contribution < -0.4 is 5.32 Å². The molecule has 0 aromatic carbocycles. The van der Waals surface area contributed by atoms with Crippen molar-refractivity contribution in [3.8, 4) is 0 Å². The number of nitrogens with zero attached hydrogens (tertiary/aromatic N) is 1. The van der Waals surface area contributed by atoms with E-state index in [2.05, 4.69) is 10.3 Å². The fraction of sp³-hybridized carbons (Fsp3) is 0.500. The van der Waals surface area contributed by atoms with Crippen LogP contribution in [-0.4, -0.2) is 23.6 Å². The molecule has 4 heteroatoms. The molecule has 0 amide bonds. The number of hydrogen-bond acceptors (Lipinski definition) is 4. The average Bonchev–Trinajstić information content (AvgIpc) is 2.25. The van der Waals surface area contributed by atoms with Crippen molar-refractivity contribution in [2.75, 3.05) is 11.9 Å². The number of nitrogens with one attached hydrogen (secondary N) is 1. The number of pyridine rings is 1. The molecule has 4 nitrogen and oxygen atoms in total. The van der Waals surface area contributed by atoms with Crippen molar-refractivity contribution in [1.29, 1.82) is 0 Å². The Bertz CT molecular complexity index is 358. The van der Waals surface area contributed by atoms with Crippen LogP contribution in [0.2, 0.25) is 0 Å². The van der Waals surface area contributed by atoms with Gasteiger partial charge in [-0.3, -0.25) is 0 Å². The maximum Gasteiger partial charge on any atom is 0.339 e. The second kappa shape index (κ2) is 4.96. The first-order chi connectivity index (χ1) is 7.79. The molecular weight excluding hydrogens is 204 g/mol. The lowest BCUT2D eigenvalue weighted by Gasteiger charge is -2.26. The average molecular weight is 220 g/mol. The Hall–Kier alpha value is -1.58. The summed E-state index contributed by atoms with van der Waals surface area (Å²) in [5.74, 6) is 0.517. The molecule has 0 saturated heterocycles. The third-order valence-electron chi connectivity index (χ3n) is 2.73.